The van der Waals surface area contributed by atoms with Crippen molar-refractivity contribution in [1.29, 1.82) is 0 Å². The van der Waals surface area contributed by atoms with Crippen LogP contribution in [0.25, 0.3) is 0 Å². The Labute approximate surface area is 376 Å². The topological polar surface area (TPSA) is 196 Å². The van der Waals surface area contributed by atoms with Crippen molar-refractivity contribution in [3.05, 3.63) is 90.0 Å². The molecule has 2 unspecified atom stereocenters. The molecule has 0 radical (unpaired) electrons. The maximum Gasteiger partial charge on any atom is 0.269 e. The minimum Gasteiger partial charge on any atom is -0.351 e. The van der Waals surface area contributed by atoms with Crippen LogP contribution in [-0.4, -0.2) is 99.5 Å². The molecule has 6 amide bonds. The summed E-state index contributed by atoms with van der Waals surface area (Å²) in [5.74, 6) is -1.20. The lowest BCUT2D eigenvalue weighted by molar-refractivity contribution is -0.126. The van der Waals surface area contributed by atoms with E-state index in [4.69, 9.17) is 0 Å². The number of carbonyl (C=O) groups excluding carboxylic acids is 6. The number of hydrogen-bond donors (Lipinski definition) is 4. The average Bonchev–Trinajstić information content (AvgIpc) is 4.18. The van der Waals surface area contributed by atoms with Crippen LogP contribution in [0.15, 0.2) is 80.3 Å². The highest BCUT2D eigenvalue weighted by Gasteiger charge is 2.43. The fourth-order valence-electron chi connectivity index (χ4n) is 6.95. The number of anilines is 2. The number of rotatable bonds is 17. The number of thiazole rings is 2. The van der Waals surface area contributed by atoms with Crippen molar-refractivity contribution >= 4 is 91.9 Å². The van der Waals surface area contributed by atoms with Gasteiger partial charge in [0.15, 0.2) is 10.3 Å². The van der Waals surface area contributed by atoms with Gasteiger partial charge in [-0.2, -0.15) is 0 Å². The van der Waals surface area contributed by atoms with E-state index in [0.717, 1.165) is 53.8 Å². The van der Waals surface area contributed by atoms with Crippen LogP contribution in [0.2, 0.25) is 0 Å². The summed E-state index contributed by atoms with van der Waals surface area (Å²) in [4.78, 5) is 94.8. The normalized spacial score (nSPS) is 17.1. The third-order valence-corrected chi connectivity index (χ3v) is 14.9. The van der Waals surface area contributed by atoms with Crippen molar-refractivity contribution in [3.63, 3.8) is 0 Å². The smallest absolute Gasteiger partial charge is 0.269 e. The molecule has 0 bridgehead atoms. The number of aryl methyl sites for hydroxylation is 2. The van der Waals surface area contributed by atoms with Gasteiger partial charge in [0, 0.05) is 72.7 Å². The van der Waals surface area contributed by atoms with E-state index in [1.165, 1.54) is 52.3 Å². The zero-order valence-electron chi connectivity index (χ0n) is 34.4. The quantitative estimate of drug-likeness (QED) is 0.0720. The molecule has 62 heavy (non-hydrogen) atoms. The Balaban J connectivity index is 0.969. The zero-order valence-corrected chi connectivity index (χ0v) is 37.6. The van der Waals surface area contributed by atoms with Crippen LogP contribution in [0.1, 0.15) is 63.2 Å². The van der Waals surface area contributed by atoms with Crippen molar-refractivity contribution in [3.8, 4) is 0 Å². The van der Waals surface area contributed by atoms with Gasteiger partial charge in [-0.1, -0.05) is 65.4 Å². The van der Waals surface area contributed by atoms with Crippen LogP contribution < -0.4 is 21.3 Å². The summed E-state index contributed by atoms with van der Waals surface area (Å²) in [6.07, 6.45) is 11.3. The fraction of sp³-hybridized carbons (Fsp3) is 0.372. The summed E-state index contributed by atoms with van der Waals surface area (Å²) in [6.45, 7) is 13.4. The van der Waals surface area contributed by atoms with E-state index in [-0.39, 0.29) is 66.1 Å². The second kappa shape index (κ2) is 20.2. The van der Waals surface area contributed by atoms with Gasteiger partial charge in [0.2, 0.25) is 23.6 Å². The Morgan fingerprint density at radius 2 is 1.44 bits per heavy atom. The van der Waals surface area contributed by atoms with E-state index >= 15 is 0 Å². The van der Waals surface area contributed by atoms with E-state index < -0.39 is 5.91 Å². The Bertz CT molecular complexity index is 2410. The van der Waals surface area contributed by atoms with Crippen LogP contribution in [0.4, 0.5) is 10.3 Å². The van der Waals surface area contributed by atoms with Gasteiger partial charge in [0.05, 0.1) is 20.8 Å². The monoisotopic (exact) mass is 913 g/mol. The van der Waals surface area contributed by atoms with E-state index in [2.05, 4.69) is 49.4 Å². The number of carbonyl (C=O) groups is 6. The van der Waals surface area contributed by atoms with E-state index in [0.29, 0.717) is 61.3 Å². The van der Waals surface area contributed by atoms with Crippen molar-refractivity contribution in [2.45, 2.75) is 64.2 Å². The number of nitrogens with zero attached hydrogens (tertiary/aromatic N) is 5. The second-order valence-electron chi connectivity index (χ2n) is 15.3. The summed E-state index contributed by atoms with van der Waals surface area (Å²) in [7, 11) is 0. The molecule has 3 fully saturated rings. The van der Waals surface area contributed by atoms with Crippen molar-refractivity contribution < 1.29 is 28.8 Å². The van der Waals surface area contributed by atoms with Gasteiger partial charge >= 0.3 is 0 Å². The Morgan fingerprint density at radius 3 is 2.13 bits per heavy atom. The predicted molar refractivity (Wildman–Crippen MR) is 241 cm³/mol. The third kappa shape index (κ3) is 11.6. The minimum atomic E-state index is -0.396. The first-order chi connectivity index (χ1) is 29.9. The van der Waals surface area contributed by atoms with Gasteiger partial charge in [-0.3, -0.25) is 33.8 Å². The molecule has 3 aliphatic rings. The highest BCUT2D eigenvalue weighted by molar-refractivity contribution is 8.01. The summed E-state index contributed by atoms with van der Waals surface area (Å²) >= 11 is 5.63. The molecule has 0 spiro atoms. The molecular formula is C43H47N9O6S4. The number of aromatic nitrogens is 3. The highest BCUT2D eigenvalue weighted by Crippen LogP contribution is 2.45. The number of benzene rings is 1. The lowest BCUT2D eigenvalue weighted by Crippen LogP contribution is -2.37. The first-order valence-corrected chi connectivity index (χ1v) is 23.5. The van der Waals surface area contributed by atoms with Crippen LogP contribution in [-0.2, 0) is 25.6 Å². The van der Waals surface area contributed by atoms with Crippen LogP contribution >= 0.6 is 46.2 Å². The molecule has 2 saturated carbocycles. The Hall–Kier alpha value is -5.37. The molecular weight excluding hydrogens is 867 g/mol. The lowest BCUT2D eigenvalue weighted by atomic mass is 10.0. The van der Waals surface area contributed by atoms with Gasteiger partial charge in [-0.05, 0) is 92.8 Å². The molecule has 7 rings (SSSR count). The first kappa shape index (κ1) is 44.7. The molecule has 2 atom stereocenters. The van der Waals surface area contributed by atoms with Crippen LogP contribution in [0.3, 0.4) is 0 Å². The van der Waals surface area contributed by atoms with Crippen molar-refractivity contribution in [2.24, 2.45) is 17.8 Å². The summed E-state index contributed by atoms with van der Waals surface area (Å²) in [6, 6.07) is 5.66. The summed E-state index contributed by atoms with van der Waals surface area (Å²) in [5.41, 5.74) is 3.61. The number of amides is 6. The molecule has 15 nitrogen and oxygen atoms in total. The maximum absolute atomic E-state index is 13.7. The van der Waals surface area contributed by atoms with Crippen LogP contribution in [0, 0.1) is 31.6 Å². The van der Waals surface area contributed by atoms with E-state index in [1.807, 2.05) is 30.9 Å². The number of pyridine rings is 1. The first-order valence-electron chi connectivity index (χ1n) is 20.3. The molecule has 1 saturated heterocycles. The third-order valence-electron chi connectivity index (χ3n) is 10.6. The number of nitrogens with one attached hydrogen (secondary N) is 4. The Morgan fingerprint density at radius 1 is 0.774 bits per heavy atom. The summed E-state index contributed by atoms with van der Waals surface area (Å²) in [5, 5.41) is 12.3. The minimum absolute atomic E-state index is 0.0279. The molecule has 19 heteroatoms. The molecule has 3 aromatic heterocycles. The van der Waals surface area contributed by atoms with Gasteiger partial charge in [0.1, 0.15) is 5.69 Å². The fourth-order valence-corrected chi connectivity index (χ4v) is 10.9. The summed E-state index contributed by atoms with van der Waals surface area (Å²) < 4.78 is 1.68. The molecule has 2 aliphatic carbocycles. The van der Waals surface area contributed by atoms with Gasteiger partial charge in [0.25, 0.3) is 11.8 Å². The standard InChI is InChI=1S/C43H47N9O6S4/c1-5-34(53)44-10-11-45-40(57)31-20-33(60-37-23-47-42(62-37)49-38(55)26-8-9-26)28(21-46-31)17-27-18-30(27)39(56)50-43-48-22-36(61-43)59-32-19-29(24(3)16-25(32)4)41(58)52-13-7-12-51(14-15-52)35(54)6-2/h5-6,16,19-23,26-27,30H,1-2,7-15,17-18H2,3-4H3,(H,44,53)(H,45,57)(H,47,49,55)(H,48,50,56). The lowest BCUT2D eigenvalue weighted by Gasteiger charge is -2.23. The molecule has 4 aromatic rings. The molecule has 4 N–H and O–H groups in total. The maximum atomic E-state index is 13.7. The molecule has 4 heterocycles. The zero-order chi connectivity index (χ0) is 43.9. The largest absolute Gasteiger partial charge is 0.351 e. The van der Waals surface area contributed by atoms with Crippen molar-refractivity contribution in [1.82, 2.24) is 35.4 Å². The predicted octanol–water partition coefficient (Wildman–Crippen LogP) is 5.97. The Kier molecular flexibility index (Phi) is 14.6. The van der Waals surface area contributed by atoms with E-state index in [9.17, 15) is 28.8 Å². The number of hydrogen-bond acceptors (Lipinski definition) is 13. The van der Waals surface area contributed by atoms with Gasteiger partial charge in [-0.25, -0.2) is 9.97 Å². The molecule has 1 aliphatic heterocycles. The highest BCUT2D eigenvalue weighted by atomic mass is 32.2. The second-order valence-corrected chi connectivity index (χ2v) is 20.0. The molecule has 1 aromatic carbocycles. The molecule has 324 valence electrons. The van der Waals surface area contributed by atoms with Gasteiger partial charge in [-0.15, -0.1) is 0 Å². The van der Waals surface area contributed by atoms with Gasteiger partial charge < -0.3 is 31.1 Å². The van der Waals surface area contributed by atoms with Crippen molar-refractivity contribution in [2.75, 3.05) is 49.9 Å². The van der Waals surface area contributed by atoms with Crippen LogP contribution in [0.5, 0.6) is 0 Å². The van der Waals surface area contributed by atoms with E-state index in [1.54, 1.807) is 29.6 Å². The SMILES string of the molecule is C=CC(=O)NCCNC(=O)c1cc(Sc2cnc(NC(=O)C3CC3)s2)c(CC2CC2C(=O)Nc2ncc(Sc3cc(C(=O)N4CCCN(C(=O)C=C)CC4)c(C)cc3C)s2)cn1. The average molecular weight is 914 g/mol.